The van der Waals surface area contributed by atoms with E-state index in [1.165, 1.54) is 6.08 Å². The molecule has 2 heteroatoms. The molecule has 0 radical (unpaired) electrons. The van der Waals surface area contributed by atoms with Gasteiger partial charge in [-0.1, -0.05) is 26.0 Å². The van der Waals surface area contributed by atoms with Gasteiger partial charge >= 0.3 is 5.97 Å². The van der Waals surface area contributed by atoms with E-state index in [1.807, 2.05) is 19.9 Å². The van der Waals surface area contributed by atoms with Crippen LogP contribution in [0.2, 0.25) is 0 Å². The quantitative estimate of drug-likeness (QED) is 0.308. The average Bonchev–Trinajstić information content (AvgIpc) is 2.26. The second-order valence-corrected chi connectivity index (χ2v) is 5.01. The molecule has 0 aromatic rings. The van der Waals surface area contributed by atoms with Crippen LogP contribution in [0.5, 0.6) is 0 Å². The van der Waals surface area contributed by atoms with E-state index in [9.17, 15) is 4.79 Å². The first-order valence-corrected chi connectivity index (χ1v) is 6.32. The number of hydrogen-bond donors (Lipinski definition) is 0. The predicted octanol–water partition coefficient (Wildman–Crippen LogP) is 3.88. The molecule has 2 nitrogen and oxygen atoms in total. The maximum Gasteiger partial charge on any atom is 0.330 e. The highest BCUT2D eigenvalue weighted by Crippen LogP contribution is 2.25. The van der Waals surface area contributed by atoms with Crippen molar-refractivity contribution in [2.24, 2.45) is 5.41 Å². The van der Waals surface area contributed by atoms with E-state index in [-0.39, 0.29) is 11.4 Å². The summed E-state index contributed by atoms with van der Waals surface area (Å²) in [5, 5.41) is 0. The molecule has 0 atom stereocenters. The van der Waals surface area contributed by atoms with Crippen molar-refractivity contribution in [2.45, 2.75) is 47.5 Å². The zero-order valence-corrected chi connectivity index (χ0v) is 12.2. The highest BCUT2D eigenvalue weighted by molar-refractivity contribution is 5.83. The minimum atomic E-state index is -0.282. The van der Waals surface area contributed by atoms with Crippen molar-refractivity contribution >= 4 is 5.97 Å². The number of allylic oxidation sites excluding steroid dienone is 3. The van der Waals surface area contributed by atoms with Crippen molar-refractivity contribution in [2.75, 3.05) is 6.61 Å². The second-order valence-electron chi connectivity index (χ2n) is 5.01. The summed E-state index contributed by atoms with van der Waals surface area (Å²) in [6.07, 6.45) is 7.38. The van der Waals surface area contributed by atoms with Crippen molar-refractivity contribution < 1.29 is 9.53 Å². The Bertz CT molecular complexity index is 376. The SMILES string of the molecule is CC#CCC(C)(C)C/C=C/C(C)=C/C(=O)OCC. The van der Waals surface area contributed by atoms with Crippen molar-refractivity contribution in [3.05, 3.63) is 23.8 Å². The van der Waals surface area contributed by atoms with Gasteiger partial charge in [-0.05, 0) is 38.2 Å². The molecule has 0 aromatic heterocycles. The molecule has 0 aliphatic carbocycles. The number of hydrogen-bond acceptors (Lipinski definition) is 2. The summed E-state index contributed by atoms with van der Waals surface area (Å²) in [6, 6.07) is 0. The van der Waals surface area contributed by atoms with Gasteiger partial charge in [0, 0.05) is 12.5 Å². The Morgan fingerprint density at radius 2 is 2.06 bits per heavy atom. The van der Waals surface area contributed by atoms with E-state index in [0.717, 1.165) is 18.4 Å². The highest BCUT2D eigenvalue weighted by Gasteiger charge is 2.13. The Hall–Kier alpha value is -1.49. The number of esters is 1. The molecule has 0 heterocycles. The Kier molecular flexibility index (Phi) is 7.87. The lowest BCUT2D eigenvalue weighted by Gasteiger charge is -2.19. The molecule has 18 heavy (non-hydrogen) atoms. The molecule has 100 valence electrons. The van der Waals surface area contributed by atoms with Gasteiger partial charge in [0.1, 0.15) is 0 Å². The fourth-order valence-electron chi connectivity index (χ4n) is 1.38. The maximum atomic E-state index is 11.2. The zero-order valence-electron chi connectivity index (χ0n) is 12.2. The van der Waals surface area contributed by atoms with Crippen molar-refractivity contribution in [3.8, 4) is 11.8 Å². The summed E-state index contributed by atoms with van der Waals surface area (Å²) in [5.41, 5.74) is 1.08. The topological polar surface area (TPSA) is 26.3 Å². The molecule has 0 amide bonds. The zero-order chi connectivity index (χ0) is 14.0. The molecule has 0 saturated heterocycles. The van der Waals surface area contributed by atoms with Crippen LogP contribution in [0.25, 0.3) is 0 Å². The van der Waals surface area contributed by atoms with E-state index in [4.69, 9.17) is 4.74 Å². The van der Waals surface area contributed by atoms with Crippen LogP contribution in [0.1, 0.15) is 47.5 Å². The monoisotopic (exact) mass is 248 g/mol. The average molecular weight is 248 g/mol. The van der Waals surface area contributed by atoms with Crippen LogP contribution in [0.3, 0.4) is 0 Å². The van der Waals surface area contributed by atoms with Gasteiger partial charge in [-0.25, -0.2) is 4.79 Å². The van der Waals surface area contributed by atoms with Crippen LogP contribution in [0.4, 0.5) is 0 Å². The third kappa shape index (κ3) is 8.64. The largest absolute Gasteiger partial charge is 0.463 e. The molecule has 0 N–H and O–H groups in total. The Morgan fingerprint density at radius 1 is 1.39 bits per heavy atom. The standard InChI is InChI=1S/C16H24O2/c1-6-8-11-16(4,5)12-9-10-14(3)13-15(17)18-7-2/h9-10,13H,7,11-12H2,1-5H3/b10-9+,14-13+. The van der Waals surface area contributed by atoms with Crippen molar-refractivity contribution in [1.29, 1.82) is 0 Å². The van der Waals surface area contributed by atoms with Gasteiger partial charge in [-0.3, -0.25) is 0 Å². The molecule has 0 rings (SSSR count). The minimum absolute atomic E-state index is 0.170. The van der Waals surface area contributed by atoms with Crippen LogP contribution in [0, 0.1) is 17.3 Å². The number of rotatable bonds is 6. The Labute approximate surface area is 111 Å². The molecule has 0 unspecified atom stereocenters. The van der Waals surface area contributed by atoms with Crippen LogP contribution >= 0.6 is 0 Å². The maximum absolute atomic E-state index is 11.2. The van der Waals surface area contributed by atoms with Crippen molar-refractivity contribution in [3.63, 3.8) is 0 Å². The molecular weight excluding hydrogens is 224 g/mol. The molecule has 0 spiro atoms. The fraction of sp³-hybridized carbons (Fsp3) is 0.562. The Morgan fingerprint density at radius 3 is 2.61 bits per heavy atom. The van der Waals surface area contributed by atoms with Gasteiger partial charge in [0.05, 0.1) is 6.61 Å². The van der Waals surface area contributed by atoms with Gasteiger partial charge in [0.25, 0.3) is 0 Å². The lowest BCUT2D eigenvalue weighted by molar-refractivity contribution is -0.137. The first-order valence-electron chi connectivity index (χ1n) is 6.32. The normalized spacial score (nSPS) is 12.2. The van der Waals surface area contributed by atoms with Gasteiger partial charge in [-0.15, -0.1) is 11.8 Å². The van der Waals surface area contributed by atoms with E-state index >= 15 is 0 Å². The Balaban J connectivity index is 4.29. The second kappa shape index (κ2) is 8.58. The smallest absolute Gasteiger partial charge is 0.330 e. The van der Waals surface area contributed by atoms with Crippen LogP contribution in [0.15, 0.2) is 23.8 Å². The summed E-state index contributed by atoms with van der Waals surface area (Å²) < 4.78 is 4.85. The number of carbonyl (C=O) groups excluding carboxylic acids is 1. The molecule has 0 fully saturated rings. The van der Waals surface area contributed by atoms with Crippen molar-refractivity contribution in [1.82, 2.24) is 0 Å². The summed E-state index contributed by atoms with van der Waals surface area (Å²) in [6.45, 7) is 10.3. The van der Waals surface area contributed by atoms with Gasteiger partial charge in [0.15, 0.2) is 0 Å². The van der Waals surface area contributed by atoms with Gasteiger partial charge in [0.2, 0.25) is 0 Å². The van der Waals surface area contributed by atoms with Crippen LogP contribution in [-0.2, 0) is 9.53 Å². The first-order chi connectivity index (χ1) is 8.41. The van der Waals surface area contributed by atoms with E-state index in [2.05, 4.69) is 31.8 Å². The predicted molar refractivity (Wildman–Crippen MR) is 76.0 cm³/mol. The van der Waals surface area contributed by atoms with Gasteiger partial charge < -0.3 is 4.74 Å². The molecule has 0 aliphatic heterocycles. The third-order valence-electron chi connectivity index (χ3n) is 2.43. The van der Waals surface area contributed by atoms with E-state index in [1.54, 1.807) is 6.92 Å². The third-order valence-corrected chi connectivity index (χ3v) is 2.43. The summed E-state index contributed by atoms with van der Waals surface area (Å²) in [5.74, 6) is 5.74. The van der Waals surface area contributed by atoms with Crippen LogP contribution < -0.4 is 0 Å². The van der Waals surface area contributed by atoms with Crippen LogP contribution in [-0.4, -0.2) is 12.6 Å². The molecular formula is C16H24O2. The van der Waals surface area contributed by atoms with E-state index < -0.39 is 0 Å². The lowest BCUT2D eigenvalue weighted by atomic mass is 9.86. The molecule has 0 aliphatic rings. The molecule has 0 bridgehead atoms. The van der Waals surface area contributed by atoms with Gasteiger partial charge in [-0.2, -0.15) is 0 Å². The molecule has 0 aromatic carbocycles. The highest BCUT2D eigenvalue weighted by atomic mass is 16.5. The first kappa shape index (κ1) is 16.5. The fourth-order valence-corrected chi connectivity index (χ4v) is 1.38. The summed E-state index contributed by atoms with van der Waals surface area (Å²) in [4.78, 5) is 11.2. The number of carbonyl (C=O) groups is 1. The minimum Gasteiger partial charge on any atom is -0.463 e. The summed E-state index contributed by atoms with van der Waals surface area (Å²) >= 11 is 0. The lowest BCUT2D eigenvalue weighted by Crippen LogP contribution is -2.08. The number of ether oxygens (including phenoxy) is 1. The van der Waals surface area contributed by atoms with E-state index in [0.29, 0.717) is 6.61 Å². The molecule has 0 saturated carbocycles. The summed E-state index contributed by atoms with van der Waals surface area (Å²) in [7, 11) is 0.